The molecule has 0 atom stereocenters. The van der Waals surface area contributed by atoms with Crippen LogP contribution in [-0.2, 0) is 21.2 Å². The molecule has 0 unspecified atom stereocenters. The Kier molecular flexibility index (Phi) is 6.72. The third kappa shape index (κ3) is 5.73. The Balaban J connectivity index is 2.33. The molecule has 0 spiro atoms. The molecule has 2 rings (SSSR count). The second-order valence-corrected chi connectivity index (χ2v) is 9.33. The Morgan fingerprint density at radius 2 is 1.71 bits per heavy atom. The Labute approximate surface area is 167 Å². The lowest BCUT2D eigenvalue weighted by atomic mass is 10.1. The van der Waals surface area contributed by atoms with Gasteiger partial charge in [-0.3, -0.25) is 0 Å². The molecule has 0 saturated carbocycles. The number of methoxy groups -OCH3 is 1. The number of hydrogen-bond donors (Lipinski definition) is 0. The summed E-state index contributed by atoms with van der Waals surface area (Å²) in [6.07, 6.45) is -0.558. The highest BCUT2D eigenvalue weighted by atomic mass is 32.2. The van der Waals surface area contributed by atoms with Crippen LogP contribution < -0.4 is 4.74 Å². The lowest BCUT2D eigenvalue weighted by Gasteiger charge is -2.27. The van der Waals surface area contributed by atoms with Gasteiger partial charge in [-0.05, 0) is 63.9 Å². The van der Waals surface area contributed by atoms with Crippen LogP contribution in [0.2, 0.25) is 0 Å². The normalized spacial score (nSPS) is 11.8. The van der Waals surface area contributed by atoms with Crippen molar-refractivity contribution in [2.24, 2.45) is 0 Å². The van der Waals surface area contributed by atoms with Crippen LogP contribution in [-0.4, -0.2) is 38.1 Å². The second kappa shape index (κ2) is 8.65. The fourth-order valence-corrected chi connectivity index (χ4v) is 3.82. The highest BCUT2D eigenvalue weighted by Crippen LogP contribution is 2.21. The average molecular weight is 406 g/mol. The van der Waals surface area contributed by atoms with Gasteiger partial charge in [-0.15, -0.1) is 0 Å². The van der Waals surface area contributed by atoms with E-state index in [9.17, 15) is 13.2 Å². The first-order valence-corrected chi connectivity index (χ1v) is 10.4. The number of ether oxygens (including phenoxy) is 2. The topological polar surface area (TPSA) is 72.9 Å². The molecule has 0 aliphatic carbocycles. The minimum absolute atomic E-state index is 0.0434. The van der Waals surface area contributed by atoms with Gasteiger partial charge >= 0.3 is 6.09 Å². The summed E-state index contributed by atoms with van der Waals surface area (Å²) in [4.78, 5) is 12.7. The fraction of sp³-hybridized carbons (Fsp3) is 0.381. The maximum Gasteiger partial charge on any atom is 0.424 e. The van der Waals surface area contributed by atoms with E-state index >= 15 is 0 Å². The van der Waals surface area contributed by atoms with Gasteiger partial charge in [-0.2, -0.15) is 0 Å². The van der Waals surface area contributed by atoms with Crippen molar-refractivity contribution in [3.63, 3.8) is 0 Å². The lowest BCUT2D eigenvalue weighted by molar-refractivity contribution is 0.0392. The summed E-state index contributed by atoms with van der Waals surface area (Å²) in [5, 5.41) is 0. The van der Waals surface area contributed by atoms with Gasteiger partial charge in [0.15, 0.2) is 0 Å². The van der Waals surface area contributed by atoms with E-state index in [1.807, 2.05) is 25.1 Å². The van der Waals surface area contributed by atoms with Gasteiger partial charge in [0.25, 0.3) is 10.0 Å². The van der Waals surface area contributed by atoms with Crippen molar-refractivity contribution >= 4 is 16.1 Å². The van der Waals surface area contributed by atoms with E-state index < -0.39 is 21.7 Å². The summed E-state index contributed by atoms with van der Waals surface area (Å²) in [6, 6.07) is 13.7. The molecule has 152 valence electrons. The average Bonchev–Trinajstić information content (AvgIpc) is 2.60. The summed E-state index contributed by atoms with van der Waals surface area (Å²) in [7, 11) is -2.48. The van der Waals surface area contributed by atoms with E-state index in [1.165, 1.54) is 12.1 Å². The summed E-state index contributed by atoms with van der Waals surface area (Å²) in [5.41, 5.74) is 0.972. The standard InChI is InChI=1S/C21H27NO5S/c1-16-9-11-19(12-10-16)28(24,25)22(20(23)27-21(2,3)4)14-13-17-7-6-8-18(15-17)26-5/h6-12,15H,13-14H2,1-5H3. The predicted molar refractivity (Wildman–Crippen MR) is 108 cm³/mol. The monoisotopic (exact) mass is 405 g/mol. The highest BCUT2D eigenvalue weighted by molar-refractivity contribution is 7.89. The third-order valence-corrected chi connectivity index (χ3v) is 5.72. The zero-order chi connectivity index (χ0) is 20.9. The van der Waals surface area contributed by atoms with Gasteiger partial charge in [-0.25, -0.2) is 17.5 Å². The first kappa shape index (κ1) is 21.8. The van der Waals surface area contributed by atoms with Crippen LogP contribution in [0.3, 0.4) is 0 Å². The predicted octanol–water partition coefficient (Wildman–Crippen LogP) is 4.17. The van der Waals surface area contributed by atoms with Gasteiger partial charge < -0.3 is 9.47 Å². The van der Waals surface area contributed by atoms with Crippen LogP contribution in [0.5, 0.6) is 5.75 Å². The first-order chi connectivity index (χ1) is 13.0. The number of benzene rings is 2. The fourth-order valence-electron chi connectivity index (χ4n) is 2.52. The number of nitrogens with zero attached hydrogens (tertiary/aromatic N) is 1. The van der Waals surface area contributed by atoms with E-state index in [0.717, 1.165) is 15.4 Å². The number of hydrogen-bond acceptors (Lipinski definition) is 5. The van der Waals surface area contributed by atoms with Crippen molar-refractivity contribution in [3.8, 4) is 5.75 Å². The molecule has 2 aromatic rings. The van der Waals surface area contributed by atoms with Crippen LogP contribution in [0.1, 0.15) is 31.9 Å². The molecular weight excluding hydrogens is 378 g/mol. The van der Waals surface area contributed by atoms with Crippen molar-refractivity contribution < 1.29 is 22.7 Å². The number of carbonyl (C=O) groups excluding carboxylic acids is 1. The maximum absolute atomic E-state index is 13.1. The molecule has 0 aromatic heterocycles. The third-order valence-electron chi connectivity index (χ3n) is 3.94. The molecule has 2 aromatic carbocycles. The molecule has 0 aliphatic heterocycles. The zero-order valence-corrected chi connectivity index (χ0v) is 17.7. The van der Waals surface area contributed by atoms with Crippen molar-refractivity contribution in [2.45, 2.75) is 44.6 Å². The van der Waals surface area contributed by atoms with Crippen LogP contribution in [0.15, 0.2) is 53.4 Å². The van der Waals surface area contributed by atoms with Crippen molar-refractivity contribution in [1.82, 2.24) is 4.31 Å². The number of rotatable bonds is 6. The van der Waals surface area contributed by atoms with E-state index in [4.69, 9.17) is 9.47 Å². The smallest absolute Gasteiger partial charge is 0.424 e. The van der Waals surface area contributed by atoms with Crippen molar-refractivity contribution in [1.29, 1.82) is 0 Å². The molecule has 0 bridgehead atoms. The molecule has 0 N–H and O–H groups in total. The lowest BCUT2D eigenvalue weighted by Crippen LogP contribution is -2.41. The second-order valence-electron chi connectivity index (χ2n) is 7.47. The molecule has 0 heterocycles. The zero-order valence-electron chi connectivity index (χ0n) is 16.9. The van der Waals surface area contributed by atoms with Crippen molar-refractivity contribution in [3.05, 3.63) is 59.7 Å². The Morgan fingerprint density at radius 3 is 2.29 bits per heavy atom. The molecule has 1 amide bonds. The molecule has 28 heavy (non-hydrogen) atoms. The maximum atomic E-state index is 13.1. The molecule has 6 nitrogen and oxygen atoms in total. The Bertz CT molecular complexity index is 915. The Hall–Kier alpha value is -2.54. The molecule has 0 radical (unpaired) electrons. The van der Waals surface area contributed by atoms with Crippen LogP contribution in [0, 0.1) is 6.92 Å². The van der Waals surface area contributed by atoms with Gasteiger partial charge in [0.05, 0.1) is 12.0 Å². The van der Waals surface area contributed by atoms with Gasteiger partial charge in [0, 0.05) is 6.54 Å². The van der Waals surface area contributed by atoms with Crippen molar-refractivity contribution in [2.75, 3.05) is 13.7 Å². The number of amides is 1. The number of carbonyl (C=O) groups is 1. The summed E-state index contributed by atoms with van der Waals surface area (Å²) < 4.78 is 37.6. The summed E-state index contributed by atoms with van der Waals surface area (Å²) in [6.45, 7) is 6.92. The Morgan fingerprint density at radius 1 is 1.07 bits per heavy atom. The summed E-state index contributed by atoms with van der Waals surface area (Å²) >= 11 is 0. The number of aryl methyl sites for hydroxylation is 1. The van der Waals surface area contributed by atoms with Gasteiger partial charge in [0.1, 0.15) is 11.4 Å². The minimum atomic E-state index is -4.05. The largest absolute Gasteiger partial charge is 0.497 e. The molecule has 0 aliphatic rings. The van der Waals surface area contributed by atoms with E-state index in [-0.39, 0.29) is 11.4 Å². The van der Waals surface area contributed by atoms with Crippen LogP contribution >= 0.6 is 0 Å². The summed E-state index contributed by atoms with van der Waals surface area (Å²) in [5.74, 6) is 0.669. The minimum Gasteiger partial charge on any atom is -0.497 e. The van der Waals surface area contributed by atoms with E-state index in [0.29, 0.717) is 12.2 Å². The molecule has 0 saturated heterocycles. The quantitative estimate of drug-likeness (QED) is 0.721. The first-order valence-electron chi connectivity index (χ1n) is 8.98. The van der Waals surface area contributed by atoms with E-state index in [1.54, 1.807) is 46.1 Å². The van der Waals surface area contributed by atoms with Gasteiger partial charge in [0.2, 0.25) is 0 Å². The SMILES string of the molecule is COc1cccc(CCN(C(=O)OC(C)(C)C)S(=O)(=O)c2ccc(C)cc2)c1. The van der Waals surface area contributed by atoms with Crippen LogP contribution in [0.4, 0.5) is 4.79 Å². The van der Waals surface area contributed by atoms with Crippen LogP contribution in [0.25, 0.3) is 0 Å². The molecular formula is C21H27NO5S. The number of sulfonamides is 1. The van der Waals surface area contributed by atoms with E-state index in [2.05, 4.69) is 0 Å². The molecule has 0 fully saturated rings. The molecule has 7 heteroatoms. The highest BCUT2D eigenvalue weighted by Gasteiger charge is 2.32. The van der Waals surface area contributed by atoms with Gasteiger partial charge in [-0.1, -0.05) is 29.8 Å².